The van der Waals surface area contributed by atoms with Gasteiger partial charge in [-0.05, 0) is 18.9 Å². The Morgan fingerprint density at radius 2 is 1.88 bits per heavy atom. The van der Waals surface area contributed by atoms with E-state index in [0.29, 0.717) is 24.0 Å². The Balaban J connectivity index is 1.46. The molecular weight excluding hydrogens is 302 g/mol. The molecule has 0 saturated carbocycles. The largest absolute Gasteiger partial charge is 0.374 e. The molecular formula is C19H21N3O2. The third kappa shape index (κ3) is 1.97. The van der Waals surface area contributed by atoms with Crippen LogP contribution in [0.25, 0.3) is 11.4 Å². The third-order valence-corrected chi connectivity index (χ3v) is 5.96. The lowest BCUT2D eigenvalue weighted by Gasteiger charge is -2.20. The maximum atomic E-state index is 13.2. The molecule has 0 N–H and O–H groups in total. The van der Waals surface area contributed by atoms with Crippen LogP contribution in [0.3, 0.4) is 0 Å². The fourth-order valence-electron chi connectivity index (χ4n) is 4.79. The van der Waals surface area contributed by atoms with Crippen LogP contribution in [0.4, 0.5) is 0 Å². The summed E-state index contributed by atoms with van der Waals surface area (Å²) < 4.78 is 7.98. The fourth-order valence-corrected chi connectivity index (χ4v) is 4.79. The molecule has 2 bridgehead atoms. The van der Waals surface area contributed by atoms with E-state index in [9.17, 15) is 4.79 Å². The van der Waals surface area contributed by atoms with E-state index in [-0.39, 0.29) is 5.91 Å². The monoisotopic (exact) mass is 323 g/mol. The SMILES string of the molecule is Cn1ccnc1-c1ccccc1C(=O)N1C[C@@H]2[C@H](C1)[C@H]1CC[C@@H]2O1. The highest BCUT2D eigenvalue weighted by atomic mass is 16.5. The number of carbonyl (C=O) groups excluding carboxylic acids is 1. The molecule has 1 aromatic heterocycles. The van der Waals surface area contributed by atoms with Crippen molar-refractivity contribution in [3.63, 3.8) is 0 Å². The van der Waals surface area contributed by atoms with Crippen molar-refractivity contribution in [2.75, 3.05) is 13.1 Å². The summed E-state index contributed by atoms with van der Waals surface area (Å²) in [6, 6.07) is 7.81. The van der Waals surface area contributed by atoms with Gasteiger partial charge < -0.3 is 14.2 Å². The lowest BCUT2D eigenvalue weighted by Crippen LogP contribution is -2.31. The predicted octanol–water partition coefficient (Wildman–Crippen LogP) is 2.34. The van der Waals surface area contributed by atoms with E-state index in [1.807, 2.05) is 47.0 Å². The van der Waals surface area contributed by atoms with Gasteiger partial charge in [0.1, 0.15) is 5.82 Å². The number of benzene rings is 1. The molecule has 24 heavy (non-hydrogen) atoms. The number of ether oxygens (including phenoxy) is 1. The summed E-state index contributed by atoms with van der Waals surface area (Å²) in [5.41, 5.74) is 1.66. The summed E-state index contributed by atoms with van der Waals surface area (Å²) in [4.78, 5) is 19.6. The van der Waals surface area contributed by atoms with Crippen molar-refractivity contribution in [1.29, 1.82) is 0 Å². The second kappa shape index (κ2) is 5.18. The van der Waals surface area contributed by atoms with Crippen LogP contribution < -0.4 is 0 Å². The van der Waals surface area contributed by atoms with Gasteiger partial charge in [0.2, 0.25) is 0 Å². The first-order valence-corrected chi connectivity index (χ1v) is 8.74. The number of rotatable bonds is 2. The topological polar surface area (TPSA) is 47.4 Å². The Hall–Kier alpha value is -2.14. The summed E-state index contributed by atoms with van der Waals surface area (Å²) >= 11 is 0. The average molecular weight is 323 g/mol. The van der Waals surface area contributed by atoms with Gasteiger partial charge >= 0.3 is 0 Å². The van der Waals surface area contributed by atoms with Gasteiger partial charge in [0.25, 0.3) is 5.91 Å². The van der Waals surface area contributed by atoms with Gasteiger partial charge in [-0.25, -0.2) is 4.98 Å². The molecule has 1 aromatic carbocycles. The number of amides is 1. The number of likely N-dealkylation sites (tertiary alicyclic amines) is 1. The average Bonchev–Trinajstić information content (AvgIpc) is 3.35. The second-order valence-corrected chi connectivity index (χ2v) is 7.24. The molecule has 0 radical (unpaired) electrons. The molecule has 0 unspecified atom stereocenters. The highest BCUT2D eigenvalue weighted by Crippen LogP contribution is 2.47. The van der Waals surface area contributed by atoms with Gasteiger partial charge in [0.05, 0.1) is 17.8 Å². The van der Waals surface area contributed by atoms with Crippen molar-refractivity contribution in [3.8, 4) is 11.4 Å². The van der Waals surface area contributed by atoms with E-state index in [1.54, 1.807) is 6.20 Å². The molecule has 3 aliphatic rings. The number of nitrogens with zero attached hydrogens (tertiary/aromatic N) is 3. The second-order valence-electron chi connectivity index (χ2n) is 7.24. The van der Waals surface area contributed by atoms with Crippen LogP contribution in [0, 0.1) is 11.8 Å². The molecule has 3 fully saturated rings. The van der Waals surface area contributed by atoms with Gasteiger partial charge in [-0.3, -0.25) is 4.79 Å². The van der Waals surface area contributed by atoms with Crippen LogP contribution in [0.15, 0.2) is 36.7 Å². The molecule has 1 amide bonds. The zero-order chi connectivity index (χ0) is 16.3. The minimum absolute atomic E-state index is 0.127. The molecule has 4 heterocycles. The van der Waals surface area contributed by atoms with Gasteiger partial charge in [0.15, 0.2) is 0 Å². The molecule has 2 aromatic rings. The molecule has 5 rings (SSSR count). The number of hydrogen-bond donors (Lipinski definition) is 0. The fraction of sp³-hybridized carbons (Fsp3) is 0.474. The lowest BCUT2D eigenvalue weighted by atomic mass is 9.82. The standard InChI is InChI=1S/C19H21N3O2/c1-21-9-8-20-18(21)12-4-2-3-5-13(12)19(23)22-10-14-15(11-22)17-7-6-16(14)24-17/h2-5,8-9,14-17H,6-7,10-11H2,1H3/t14-,15+,16+,17-. The Morgan fingerprint density at radius 1 is 1.17 bits per heavy atom. The lowest BCUT2D eigenvalue weighted by molar-refractivity contribution is 0.0594. The maximum absolute atomic E-state index is 13.2. The van der Waals surface area contributed by atoms with Gasteiger partial charge in [-0.1, -0.05) is 18.2 Å². The Morgan fingerprint density at radius 3 is 2.54 bits per heavy atom. The Kier molecular flexibility index (Phi) is 3.07. The summed E-state index contributed by atoms with van der Waals surface area (Å²) in [6.45, 7) is 1.67. The van der Waals surface area contributed by atoms with Crippen molar-refractivity contribution < 1.29 is 9.53 Å². The van der Waals surface area contributed by atoms with Crippen molar-refractivity contribution in [1.82, 2.24) is 14.5 Å². The first kappa shape index (κ1) is 14.2. The van der Waals surface area contributed by atoms with Crippen LogP contribution in [-0.4, -0.2) is 45.7 Å². The summed E-state index contributed by atoms with van der Waals surface area (Å²) in [5, 5.41) is 0. The summed E-state index contributed by atoms with van der Waals surface area (Å²) in [5.74, 6) is 2.03. The summed E-state index contributed by atoms with van der Waals surface area (Å²) in [7, 11) is 1.96. The highest BCUT2D eigenvalue weighted by Gasteiger charge is 2.53. The molecule has 3 aliphatic heterocycles. The van der Waals surface area contributed by atoms with Crippen LogP contribution >= 0.6 is 0 Å². The van der Waals surface area contributed by atoms with E-state index < -0.39 is 0 Å². The van der Waals surface area contributed by atoms with Gasteiger partial charge in [0, 0.05) is 49.9 Å². The first-order valence-electron chi connectivity index (χ1n) is 8.74. The number of imidazole rings is 1. The Labute approximate surface area is 141 Å². The highest BCUT2D eigenvalue weighted by molar-refractivity contribution is 6.00. The minimum Gasteiger partial charge on any atom is -0.374 e. The smallest absolute Gasteiger partial charge is 0.254 e. The van der Waals surface area contributed by atoms with Crippen LogP contribution in [0.5, 0.6) is 0 Å². The van der Waals surface area contributed by atoms with Gasteiger partial charge in [-0.15, -0.1) is 0 Å². The van der Waals surface area contributed by atoms with E-state index in [4.69, 9.17) is 4.74 Å². The maximum Gasteiger partial charge on any atom is 0.254 e. The van der Waals surface area contributed by atoms with E-state index in [2.05, 4.69) is 4.98 Å². The van der Waals surface area contributed by atoms with Crippen molar-refractivity contribution in [2.24, 2.45) is 18.9 Å². The number of carbonyl (C=O) groups is 1. The van der Waals surface area contributed by atoms with Crippen LogP contribution in [0.2, 0.25) is 0 Å². The molecule has 4 atom stereocenters. The number of fused-ring (bicyclic) bond motifs is 5. The number of aromatic nitrogens is 2. The zero-order valence-electron chi connectivity index (χ0n) is 13.8. The predicted molar refractivity (Wildman–Crippen MR) is 89.4 cm³/mol. The molecule has 0 spiro atoms. The van der Waals surface area contributed by atoms with Crippen molar-refractivity contribution >= 4 is 5.91 Å². The van der Waals surface area contributed by atoms with Crippen molar-refractivity contribution in [3.05, 3.63) is 42.2 Å². The minimum atomic E-state index is 0.127. The third-order valence-electron chi connectivity index (χ3n) is 5.96. The molecule has 124 valence electrons. The van der Waals surface area contributed by atoms with Gasteiger partial charge in [-0.2, -0.15) is 0 Å². The number of aryl methyl sites for hydroxylation is 1. The van der Waals surface area contributed by atoms with E-state index in [0.717, 1.165) is 42.9 Å². The van der Waals surface area contributed by atoms with E-state index in [1.165, 1.54) is 0 Å². The normalized spacial score (nSPS) is 30.8. The van der Waals surface area contributed by atoms with E-state index >= 15 is 0 Å². The molecule has 0 aliphatic carbocycles. The Bertz CT molecular complexity index is 781. The molecule has 5 heteroatoms. The number of hydrogen-bond acceptors (Lipinski definition) is 3. The molecule has 5 nitrogen and oxygen atoms in total. The van der Waals surface area contributed by atoms with Crippen LogP contribution in [-0.2, 0) is 11.8 Å². The van der Waals surface area contributed by atoms with Crippen LogP contribution in [0.1, 0.15) is 23.2 Å². The quantitative estimate of drug-likeness (QED) is 0.852. The molecule has 3 saturated heterocycles. The van der Waals surface area contributed by atoms with Crippen molar-refractivity contribution in [2.45, 2.75) is 25.0 Å². The first-order chi connectivity index (χ1) is 11.7. The zero-order valence-corrected chi connectivity index (χ0v) is 13.8. The summed E-state index contributed by atoms with van der Waals surface area (Å²) in [6.07, 6.45) is 6.76.